The Labute approximate surface area is 110 Å². The van der Waals surface area contributed by atoms with Crippen LogP contribution in [0.1, 0.15) is 44.2 Å². The number of rotatable bonds is 4. The van der Waals surface area contributed by atoms with E-state index in [1.165, 1.54) is 24.0 Å². The van der Waals surface area contributed by atoms with Gasteiger partial charge in [0.2, 0.25) is 0 Å². The van der Waals surface area contributed by atoms with Gasteiger partial charge in [-0.05, 0) is 43.9 Å². The third-order valence-corrected chi connectivity index (χ3v) is 3.90. The molecule has 1 aliphatic rings. The average Bonchev–Trinajstić information content (AvgIpc) is 2.40. The Hall–Kier alpha value is -1.15. The summed E-state index contributed by atoms with van der Waals surface area (Å²) in [5.41, 5.74) is 2.70. The number of carbonyl (C=O) groups excluding carboxylic acids is 1. The fourth-order valence-electron chi connectivity index (χ4n) is 2.76. The van der Waals surface area contributed by atoms with E-state index < -0.39 is 0 Å². The zero-order chi connectivity index (χ0) is 13.0. The van der Waals surface area contributed by atoms with Gasteiger partial charge in [0.25, 0.3) is 0 Å². The first kappa shape index (κ1) is 13.3. The van der Waals surface area contributed by atoms with Crippen molar-refractivity contribution in [2.45, 2.75) is 52.1 Å². The molecule has 1 saturated heterocycles. The molecular weight excluding hydrogens is 222 g/mol. The topological polar surface area (TPSA) is 20.3 Å². The normalized spacial score (nSPS) is 20.9. The molecule has 18 heavy (non-hydrogen) atoms. The molecule has 0 spiro atoms. The van der Waals surface area contributed by atoms with Gasteiger partial charge in [-0.2, -0.15) is 0 Å². The molecule has 1 fully saturated rings. The van der Waals surface area contributed by atoms with Crippen molar-refractivity contribution in [1.29, 1.82) is 0 Å². The quantitative estimate of drug-likeness (QED) is 0.812. The fourth-order valence-corrected chi connectivity index (χ4v) is 2.76. The lowest BCUT2D eigenvalue weighted by atomic mass is 9.98. The number of Topliss-reactive ketones (excluding diaryl/α,β-unsaturated/α-hetero) is 1. The molecule has 0 amide bonds. The number of piperidine rings is 1. The number of nitrogens with zero attached hydrogens (tertiary/aromatic N) is 1. The van der Waals surface area contributed by atoms with Crippen LogP contribution in [0.25, 0.3) is 0 Å². The predicted octanol–water partition coefficient (Wildman–Crippen LogP) is 3.19. The van der Waals surface area contributed by atoms with E-state index >= 15 is 0 Å². The molecule has 2 rings (SSSR count). The van der Waals surface area contributed by atoms with Crippen LogP contribution in [0.5, 0.6) is 0 Å². The number of benzene rings is 1. The molecule has 1 aromatic rings. The third kappa shape index (κ3) is 3.20. The van der Waals surface area contributed by atoms with Crippen molar-refractivity contribution < 1.29 is 4.79 Å². The first-order valence-electron chi connectivity index (χ1n) is 7.03. The predicted molar refractivity (Wildman–Crippen MR) is 74.6 cm³/mol. The van der Waals surface area contributed by atoms with Crippen molar-refractivity contribution in [3.05, 3.63) is 35.4 Å². The number of likely N-dealkylation sites (tertiary alicyclic amines) is 1. The molecule has 0 N–H and O–H groups in total. The number of hydrogen-bond acceptors (Lipinski definition) is 2. The van der Waals surface area contributed by atoms with E-state index in [1.54, 1.807) is 6.92 Å². The smallest absolute Gasteiger partial charge is 0.146 e. The van der Waals surface area contributed by atoms with E-state index in [9.17, 15) is 4.79 Å². The van der Waals surface area contributed by atoms with Gasteiger partial charge in [0.15, 0.2) is 0 Å². The Morgan fingerprint density at radius 1 is 1.22 bits per heavy atom. The van der Waals surface area contributed by atoms with Crippen molar-refractivity contribution >= 4 is 5.78 Å². The van der Waals surface area contributed by atoms with E-state index in [4.69, 9.17) is 0 Å². The summed E-state index contributed by atoms with van der Waals surface area (Å²) < 4.78 is 0. The lowest BCUT2D eigenvalue weighted by Crippen LogP contribution is -2.43. The highest BCUT2D eigenvalue weighted by molar-refractivity contribution is 5.81. The Balaban J connectivity index is 2.03. The minimum atomic E-state index is 0.143. The van der Waals surface area contributed by atoms with Gasteiger partial charge in [0, 0.05) is 6.54 Å². The molecule has 0 bridgehead atoms. The molecule has 1 heterocycles. The Morgan fingerprint density at radius 3 is 2.50 bits per heavy atom. The van der Waals surface area contributed by atoms with Gasteiger partial charge in [-0.3, -0.25) is 9.69 Å². The summed E-state index contributed by atoms with van der Waals surface area (Å²) in [6.45, 7) is 5.86. The number of hydrogen-bond donors (Lipinski definition) is 0. The standard InChI is InChI=1S/C16H23NO/c1-3-14-7-9-15(10-8-14)12-17-11-5-4-6-16(17)13(2)18/h7-10,16H,3-6,11-12H2,1-2H3. The maximum Gasteiger partial charge on any atom is 0.146 e. The highest BCUT2D eigenvalue weighted by Gasteiger charge is 2.25. The van der Waals surface area contributed by atoms with E-state index in [0.717, 1.165) is 25.9 Å². The monoisotopic (exact) mass is 245 g/mol. The van der Waals surface area contributed by atoms with Crippen molar-refractivity contribution in [2.24, 2.45) is 0 Å². The van der Waals surface area contributed by atoms with Gasteiger partial charge in [-0.25, -0.2) is 0 Å². The molecular formula is C16H23NO. The van der Waals surface area contributed by atoms with Crippen LogP contribution in [-0.4, -0.2) is 23.3 Å². The molecule has 1 unspecified atom stereocenters. The minimum Gasteiger partial charge on any atom is -0.298 e. The Bertz CT molecular complexity index is 396. The Kier molecular flexibility index (Phi) is 4.54. The molecule has 0 aliphatic carbocycles. The Morgan fingerprint density at radius 2 is 1.89 bits per heavy atom. The van der Waals surface area contributed by atoms with Crippen molar-refractivity contribution in [1.82, 2.24) is 4.90 Å². The number of aryl methyl sites for hydroxylation is 1. The summed E-state index contributed by atoms with van der Waals surface area (Å²) in [6, 6.07) is 8.93. The zero-order valence-electron chi connectivity index (χ0n) is 11.5. The van der Waals surface area contributed by atoms with Crippen LogP contribution in [0.4, 0.5) is 0 Å². The summed E-state index contributed by atoms with van der Waals surface area (Å²) >= 11 is 0. The second kappa shape index (κ2) is 6.14. The highest BCUT2D eigenvalue weighted by Crippen LogP contribution is 2.20. The van der Waals surface area contributed by atoms with Gasteiger partial charge in [0.1, 0.15) is 5.78 Å². The summed E-state index contributed by atoms with van der Waals surface area (Å²) in [5.74, 6) is 0.319. The largest absolute Gasteiger partial charge is 0.298 e. The summed E-state index contributed by atoms with van der Waals surface area (Å²) in [7, 11) is 0. The summed E-state index contributed by atoms with van der Waals surface area (Å²) in [5, 5.41) is 0. The van der Waals surface area contributed by atoms with Gasteiger partial charge in [-0.15, -0.1) is 0 Å². The molecule has 98 valence electrons. The highest BCUT2D eigenvalue weighted by atomic mass is 16.1. The zero-order valence-corrected chi connectivity index (χ0v) is 11.5. The lowest BCUT2D eigenvalue weighted by molar-refractivity contribution is -0.123. The molecule has 0 aromatic heterocycles. The average molecular weight is 245 g/mol. The second-order valence-electron chi connectivity index (χ2n) is 5.26. The van der Waals surface area contributed by atoms with Crippen molar-refractivity contribution in [2.75, 3.05) is 6.54 Å². The van der Waals surface area contributed by atoms with E-state index in [2.05, 4.69) is 36.1 Å². The van der Waals surface area contributed by atoms with Gasteiger partial charge >= 0.3 is 0 Å². The first-order valence-corrected chi connectivity index (χ1v) is 7.03. The van der Waals surface area contributed by atoms with Gasteiger partial charge in [0.05, 0.1) is 6.04 Å². The molecule has 1 aromatic carbocycles. The minimum absolute atomic E-state index is 0.143. The number of ketones is 1. The van der Waals surface area contributed by atoms with Crippen molar-refractivity contribution in [3.63, 3.8) is 0 Å². The van der Waals surface area contributed by atoms with Crippen LogP contribution in [0.2, 0.25) is 0 Å². The molecule has 0 radical (unpaired) electrons. The van der Waals surface area contributed by atoms with E-state index in [-0.39, 0.29) is 6.04 Å². The van der Waals surface area contributed by atoms with Crippen LogP contribution < -0.4 is 0 Å². The fraction of sp³-hybridized carbons (Fsp3) is 0.562. The maximum absolute atomic E-state index is 11.7. The lowest BCUT2D eigenvalue weighted by Gasteiger charge is -2.34. The molecule has 2 heteroatoms. The van der Waals surface area contributed by atoms with Gasteiger partial charge in [-0.1, -0.05) is 37.6 Å². The van der Waals surface area contributed by atoms with Crippen LogP contribution in [0, 0.1) is 0 Å². The number of carbonyl (C=O) groups is 1. The third-order valence-electron chi connectivity index (χ3n) is 3.90. The summed E-state index contributed by atoms with van der Waals surface area (Å²) in [6.07, 6.45) is 4.52. The van der Waals surface area contributed by atoms with Crippen molar-refractivity contribution in [3.8, 4) is 0 Å². The SMILES string of the molecule is CCc1ccc(CN2CCCCC2C(C)=O)cc1. The molecule has 2 nitrogen and oxygen atoms in total. The molecule has 1 aliphatic heterocycles. The van der Waals surface area contributed by atoms with Gasteiger partial charge < -0.3 is 0 Å². The van der Waals surface area contributed by atoms with Crippen LogP contribution >= 0.6 is 0 Å². The van der Waals surface area contributed by atoms with E-state index in [1.807, 2.05) is 0 Å². The first-order chi connectivity index (χ1) is 8.70. The molecule has 0 saturated carbocycles. The van der Waals surface area contributed by atoms with Crippen LogP contribution in [-0.2, 0) is 17.8 Å². The van der Waals surface area contributed by atoms with E-state index in [0.29, 0.717) is 5.78 Å². The molecule has 1 atom stereocenters. The van der Waals surface area contributed by atoms with Crippen LogP contribution in [0.15, 0.2) is 24.3 Å². The maximum atomic E-state index is 11.7. The summed E-state index contributed by atoms with van der Waals surface area (Å²) in [4.78, 5) is 14.0. The van der Waals surface area contributed by atoms with Crippen LogP contribution in [0.3, 0.4) is 0 Å². The second-order valence-corrected chi connectivity index (χ2v) is 5.26.